The van der Waals surface area contributed by atoms with Gasteiger partial charge in [-0.25, -0.2) is 5.10 Å². The van der Waals surface area contributed by atoms with Crippen molar-refractivity contribution in [1.29, 1.82) is 0 Å². The molecule has 0 aliphatic heterocycles. The Bertz CT molecular complexity index is 768. The largest absolute Gasteiger partial charge is 0.486 e. The molecule has 0 bridgehead atoms. The molecule has 3 aromatic rings. The lowest BCUT2D eigenvalue weighted by Gasteiger charge is -2.10. The van der Waals surface area contributed by atoms with Crippen LogP contribution in [-0.2, 0) is 6.61 Å². The molecule has 4 nitrogen and oxygen atoms in total. The first-order valence-electron chi connectivity index (χ1n) is 6.65. The summed E-state index contributed by atoms with van der Waals surface area (Å²) in [5, 5.41) is 6.55. The number of rotatable bonds is 4. The van der Waals surface area contributed by atoms with Crippen LogP contribution in [0.2, 0.25) is 0 Å². The van der Waals surface area contributed by atoms with E-state index >= 15 is 0 Å². The molecule has 0 saturated carbocycles. The molecule has 0 aliphatic rings. The molecule has 1 N–H and O–H groups in total. The number of benzene rings is 2. The van der Waals surface area contributed by atoms with Gasteiger partial charge in [0, 0.05) is 11.6 Å². The molecule has 104 valence electrons. The lowest BCUT2D eigenvalue weighted by Crippen LogP contribution is -2.09. The van der Waals surface area contributed by atoms with Crippen molar-refractivity contribution in [2.45, 2.75) is 6.61 Å². The van der Waals surface area contributed by atoms with Crippen LogP contribution in [0, 0.1) is 0 Å². The molecule has 0 spiro atoms. The van der Waals surface area contributed by atoms with Gasteiger partial charge in [-0.15, -0.1) is 0 Å². The van der Waals surface area contributed by atoms with Gasteiger partial charge < -0.3 is 4.74 Å². The van der Waals surface area contributed by atoms with Crippen LogP contribution in [-0.4, -0.2) is 10.2 Å². The van der Waals surface area contributed by atoms with Crippen molar-refractivity contribution >= 4 is 0 Å². The van der Waals surface area contributed by atoms with Gasteiger partial charge >= 0.3 is 0 Å². The summed E-state index contributed by atoms with van der Waals surface area (Å²) in [7, 11) is 0. The van der Waals surface area contributed by atoms with Crippen molar-refractivity contribution in [3.05, 3.63) is 82.6 Å². The van der Waals surface area contributed by atoms with Gasteiger partial charge in [0.2, 0.25) is 0 Å². The number of ether oxygens (including phenoxy) is 1. The molecule has 0 radical (unpaired) electrons. The zero-order valence-electron chi connectivity index (χ0n) is 11.3. The van der Waals surface area contributed by atoms with Gasteiger partial charge in [-0.05, 0) is 5.56 Å². The standard InChI is InChI=1S/C17H14N2O2/c20-16-11-15(21-12-13-7-3-1-4-8-13)17(19-18-16)14-9-5-2-6-10-14/h1-11H,12H2,(H,18,20). The molecule has 2 aromatic carbocycles. The summed E-state index contributed by atoms with van der Waals surface area (Å²) < 4.78 is 5.78. The molecular formula is C17H14N2O2. The van der Waals surface area contributed by atoms with Crippen molar-refractivity contribution in [3.8, 4) is 17.0 Å². The molecule has 21 heavy (non-hydrogen) atoms. The quantitative estimate of drug-likeness (QED) is 0.798. The fourth-order valence-electron chi connectivity index (χ4n) is 2.03. The average Bonchev–Trinajstić information content (AvgIpc) is 2.55. The van der Waals surface area contributed by atoms with Gasteiger partial charge in [-0.1, -0.05) is 60.7 Å². The number of aromatic amines is 1. The summed E-state index contributed by atoms with van der Waals surface area (Å²) in [6.07, 6.45) is 0. The number of H-pyrrole nitrogens is 1. The Kier molecular flexibility index (Phi) is 3.78. The Hall–Kier alpha value is -2.88. The van der Waals surface area contributed by atoms with E-state index in [9.17, 15) is 4.79 Å². The zero-order chi connectivity index (χ0) is 14.5. The maximum atomic E-state index is 11.5. The summed E-state index contributed by atoms with van der Waals surface area (Å²) in [6.45, 7) is 0.395. The van der Waals surface area contributed by atoms with E-state index in [0.717, 1.165) is 11.1 Å². The Balaban J connectivity index is 1.90. The first kappa shape index (κ1) is 13.1. The van der Waals surface area contributed by atoms with Crippen LogP contribution in [0.1, 0.15) is 5.56 Å². The van der Waals surface area contributed by atoms with Crippen LogP contribution < -0.4 is 10.3 Å². The summed E-state index contributed by atoms with van der Waals surface area (Å²) in [5.41, 5.74) is 2.29. The number of hydrogen-bond donors (Lipinski definition) is 1. The van der Waals surface area contributed by atoms with Gasteiger partial charge in [-0.3, -0.25) is 4.79 Å². The van der Waals surface area contributed by atoms with E-state index in [4.69, 9.17) is 4.74 Å². The highest BCUT2D eigenvalue weighted by Crippen LogP contribution is 2.26. The minimum absolute atomic E-state index is 0.280. The van der Waals surface area contributed by atoms with Crippen LogP contribution >= 0.6 is 0 Å². The monoisotopic (exact) mass is 278 g/mol. The summed E-state index contributed by atoms with van der Waals surface area (Å²) in [6, 6.07) is 20.9. The maximum absolute atomic E-state index is 11.5. The van der Waals surface area contributed by atoms with Crippen molar-refractivity contribution in [3.63, 3.8) is 0 Å². The lowest BCUT2D eigenvalue weighted by molar-refractivity contribution is 0.305. The molecule has 0 fully saturated rings. The van der Waals surface area contributed by atoms with E-state index in [1.165, 1.54) is 6.07 Å². The van der Waals surface area contributed by atoms with Crippen LogP contribution in [0.3, 0.4) is 0 Å². The van der Waals surface area contributed by atoms with E-state index in [-0.39, 0.29) is 5.56 Å². The maximum Gasteiger partial charge on any atom is 0.267 e. The highest BCUT2D eigenvalue weighted by atomic mass is 16.5. The molecule has 3 rings (SSSR count). The van der Waals surface area contributed by atoms with Gasteiger partial charge in [0.15, 0.2) is 5.75 Å². The summed E-state index contributed by atoms with van der Waals surface area (Å²) in [4.78, 5) is 11.5. The SMILES string of the molecule is O=c1cc(OCc2ccccc2)c(-c2ccccc2)n[nH]1. The molecule has 1 aromatic heterocycles. The number of aromatic nitrogens is 2. The molecule has 0 atom stereocenters. The normalized spacial score (nSPS) is 10.3. The highest BCUT2D eigenvalue weighted by Gasteiger charge is 2.09. The van der Waals surface area contributed by atoms with Gasteiger partial charge in [-0.2, -0.15) is 5.10 Å². The van der Waals surface area contributed by atoms with Crippen LogP contribution in [0.25, 0.3) is 11.3 Å². The lowest BCUT2D eigenvalue weighted by atomic mass is 10.1. The van der Waals surface area contributed by atoms with E-state index < -0.39 is 0 Å². The van der Waals surface area contributed by atoms with E-state index in [1.54, 1.807) is 0 Å². The molecule has 4 heteroatoms. The van der Waals surface area contributed by atoms with Crippen LogP contribution in [0.5, 0.6) is 5.75 Å². The summed E-state index contributed by atoms with van der Waals surface area (Å²) in [5.74, 6) is 0.480. The van der Waals surface area contributed by atoms with Crippen LogP contribution in [0.4, 0.5) is 0 Å². The molecule has 1 heterocycles. The number of nitrogens with zero attached hydrogens (tertiary/aromatic N) is 1. The third-order valence-electron chi connectivity index (χ3n) is 3.06. The second-order valence-electron chi connectivity index (χ2n) is 4.59. The van der Waals surface area contributed by atoms with Crippen molar-refractivity contribution < 1.29 is 4.74 Å². The third kappa shape index (κ3) is 3.17. The predicted molar refractivity (Wildman–Crippen MR) is 81.1 cm³/mol. The summed E-state index contributed by atoms with van der Waals surface area (Å²) >= 11 is 0. The van der Waals surface area contributed by atoms with Gasteiger partial charge in [0.05, 0.1) is 0 Å². The fourth-order valence-corrected chi connectivity index (χ4v) is 2.03. The minimum atomic E-state index is -0.280. The first-order chi connectivity index (χ1) is 10.3. The van der Waals surface area contributed by atoms with Crippen molar-refractivity contribution in [1.82, 2.24) is 10.2 Å². The third-order valence-corrected chi connectivity index (χ3v) is 3.06. The first-order valence-corrected chi connectivity index (χ1v) is 6.65. The zero-order valence-corrected chi connectivity index (χ0v) is 11.3. The minimum Gasteiger partial charge on any atom is -0.486 e. The van der Waals surface area contributed by atoms with Crippen LogP contribution in [0.15, 0.2) is 71.5 Å². The Labute approximate surface area is 122 Å². The Morgan fingerprint density at radius 3 is 2.33 bits per heavy atom. The number of nitrogens with one attached hydrogen (secondary N) is 1. The molecule has 0 saturated heterocycles. The van der Waals surface area contributed by atoms with Crippen molar-refractivity contribution in [2.75, 3.05) is 0 Å². The molecular weight excluding hydrogens is 264 g/mol. The second kappa shape index (κ2) is 6.05. The van der Waals surface area contributed by atoms with E-state index in [1.807, 2.05) is 60.7 Å². The van der Waals surface area contributed by atoms with E-state index in [2.05, 4.69) is 10.2 Å². The molecule has 0 aliphatic carbocycles. The molecule has 0 amide bonds. The van der Waals surface area contributed by atoms with Gasteiger partial charge in [0.25, 0.3) is 5.56 Å². The predicted octanol–water partition coefficient (Wildman–Crippen LogP) is 3.02. The Morgan fingerprint density at radius 2 is 1.62 bits per heavy atom. The van der Waals surface area contributed by atoms with Crippen molar-refractivity contribution in [2.24, 2.45) is 0 Å². The highest BCUT2D eigenvalue weighted by molar-refractivity contribution is 5.65. The van der Waals surface area contributed by atoms with E-state index in [0.29, 0.717) is 18.1 Å². The average molecular weight is 278 g/mol. The fraction of sp³-hybridized carbons (Fsp3) is 0.0588. The topological polar surface area (TPSA) is 55.0 Å². The number of hydrogen-bond acceptors (Lipinski definition) is 3. The second-order valence-corrected chi connectivity index (χ2v) is 4.59. The van der Waals surface area contributed by atoms with Gasteiger partial charge in [0.1, 0.15) is 12.3 Å². The molecule has 0 unspecified atom stereocenters. The smallest absolute Gasteiger partial charge is 0.267 e. The Morgan fingerprint density at radius 1 is 0.952 bits per heavy atom.